The van der Waals surface area contributed by atoms with Gasteiger partial charge in [0, 0.05) is 0 Å². The number of benzene rings is 1. The van der Waals surface area contributed by atoms with Crippen LogP contribution in [0.25, 0.3) is 0 Å². The fourth-order valence-corrected chi connectivity index (χ4v) is 1.13. The summed E-state index contributed by atoms with van der Waals surface area (Å²) in [6.45, 7) is 1.10. The number of hydrogen-bond acceptors (Lipinski definition) is 5. The fourth-order valence-electron chi connectivity index (χ4n) is 0.762. The maximum Gasteiger partial charge on any atom is 0.446 e. The Morgan fingerprint density at radius 3 is 2.29 bits per heavy atom. The molecule has 0 heterocycles. The minimum absolute atomic E-state index is 0.153. The SMILES string of the molecule is O=[C]Oc1ccccc1OS(=O)(=O)O. The molecule has 0 unspecified atom stereocenters. The second-order valence-corrected chi connectivity index (χ2v) is 3.17. The lowest BCUT2D eigenvalue weighted by Gasteiger charge is -2.04. The standard InChI is InChI=1S/C7H5O6S/c8-5-12-6-3-1-2-4-7(6)13-14(9,10)11/h1-4H,(H,9,10,11). The highest BCUT2D eigenvalue weighted by molar-refractivity contribution is 7.81. The molecule has 1 radical (unpaired) electrons. The van der Waals surface area contributed by atoms with Crippen LogP contribution in [-0.4, -0.2) is 19.4 Å². The molecule has 0 aliphatic heterocycles. The predicted molar refractivity (Wildman–Crippen MR) is 44.9 cm³/mol. The van der Waals surface area contributed by atoms with Crippen LogP contribution in [0.1, 0.15) is 0 Å². The highest BCUT2D eigenvalue weighted by atomic mass is 32.3. The first-order chi connectivity index (χ1) is 6.53. The van der Waals surface area contributed by atoms with Crippen molar-refractivity contribution in [3.8, 4) is 11.5 Å². The van der Waals surface area contributed by atoms with Crippen molar-refractivity contribution in [2.45, 2.75) is 0 Å². The molecule has 6 nitrogen and oxygen atoms in total. The molecule has 7 heteroatoms. The minimum Gasteiger partial charge on any atom is -0.414 e. The van der Waals surface area contributed by atoms with Gasteiger partial charge in [-0.25, -0.2) is 4.79 Å². The van der Waals surface area contributed by atoms with Crippen LogP contribution in [0.4, 0.5) is 0 Å². The molecule has 0 aliphatic rings. The van der Waals surface area contributed by atoms with Crippen LogP contribution in [0, 0.1) is 0 Å². The first-order valence-corrected chi connectivity index (χ1v) is 4.69. The number of ether oxygens (including phenoxy) is 1. The van der Waals surface area contributed by atoms with Crippen LogP contribution in [-0.2, 0) is 15.2 Å². The van der Waals surface area contributed by atoms with E-state index < -0.39 is 10.4 Å². The Kier molecular flexibility index (Phi) is 3.05. The normalized spacial score (nSPS) is 10.6. The molecule has 1 N–H and O–H groups in total. The quantitative estimate of drug-likeness (QED) is 0.730. The summed E-state index contributed by atoms with van der Waals surface area (Å²) < 4.78 is 37.4. The van der Waals surface area contributed by atoms with Gasteiger partial charge >= 0.3 is 16.9 Å². The van der Waals surface area contributed by atoms with E-state index >= 15 is 0 Å². The predicted octanol–water partition coefficient (Wildman–Crippen LogP) is 0.314. The summed E-state index contributed by atoms with van der Waals surface area (Å²) in [5.41, 5.74) is 0. The van der Waals surface area contributed by atoms with Gasteiger partial charge in [-0.2, -0.15) is 8.42 Å². The van der Waals surface area contributed by atoms with E-state index in [-0.39, 0.29) is 11.5 Å². The topological polar surface area (TPSA) is 89.9 Å². The highest BCUT2D eigenvalue weighted by Gasteiger charge is 2.11. The van der Waals surface area contributed by atoms with Crippen molar-refractivity contribution in [2.75, 3.05) is 0 Å². The van der Waals surface area contributed by atoms with Gasteiger partial charge in [0.2, 0.25) is 0 Å². The maximum absolute atomic E-state index is 10.3. The lowest BCUT2D eigenvalue weighted by molar-refractivity contribution is 0.374. The molecule has 0 aliphatic carbocycles. The van der Waals surface area contributed by atoms with Gasteiger partial charge in [0.25, 0.3) is 0 Å². The third kappa shape index (κ3) is 3.04. The third-order valence-corrected chi connectivity index (χ3v) is 1.59. The van der Waals surface area contributed by atoms with E-state index in [1.165, 1.54) is 24.3 Å². The van der Waals surface area contributed by atoms with Crippen molar-refractivity contribution < 1.29 is 26.7 Å². The first kappa shape index (κ1) is 10.5. The Morgan fingerprint density at radius 1 is 1.21 bits per heavy atom. The summed E-state index contributed by atoms with van der Waals surface area (Å²) >= 11 is 0. The first-order valence-electron chi connectivity index (χ1n) is 3.33. The molecule has 0 atom stereocenters. The van der Waals surface area contributed by atoms with Crippen LogP contribution in [0.15, 0.2) is 24.3 Å². The van der Waals surface area contributed by atoms with Crippen molar-refractivity contribution >= 4 is 16.9 Å². The molecule has 1 aromatic carbocycles. The van der Waals surface area contributed by atoms with Crippen LogP contribution in [0.3, 0.4) is 0 Å². The summed E-state index contributed by atoms with van der Waals surface area (Å²) in [5.74, 6) is -0.446. The van der Waals surface area contributed by atoms with Gasteiger partial charge in [0.15, 0.2) is 11.5 Å². The number of para-hydroxylation sites is 2. The van der Waals surface area contributed by atoms with Crippen LogP contribution >= 0.6 is 0 Å². The molecular weight excluding hydrogens is 212 g/mol. The van der Waals surface area contributed by atoms with E-state index in [9.17, 15) is 13.2 Å². The molecule has 1 aromatic rings. The molecule has 0 bridgehead atoms. The van der Waals surface area contributed by atoms with E-state index in [1.54, 1.807) is 0 Å². The lowest BCUT2D eigenvalue weighted by Crippen LogP contribution is -2.07. The molecule has 0 spiro atoms. The number of rotatable bonds is 4. The second kappa shape index (κ2) is 4.07. The molecule has 0 fully saturated rings. The Morgan fingerprint density at radius 2 is 1.79 bits per heavy atom. The molecule has 0 amide bonds. The molecule has 75 valence electrons. The fraction of sp³-hybridized carbons (Fsp3) is 0. The second-order valence-electron chi connectivity index (χ2n) is 2.14. The largest absolute Gasteiger partial charge is 0.446 e. The van der Waals surface area contributed by atoms with Gasteiger partial charge in [0.05, 0.1) is 0 Å². The molecule has 0 saturated heterocycles. The minimum atomic E-state index is -4.63. The zero-order chi connectivity index (χ0) is 10.6. The monoisotopic (exact) mass is 217 g/mol. The zero-order valence-corrected chi connectivity index (χ0v) is 7.52. The molecule has 1 rings (SSSR count). The van der Waals surface area contributed by atoms with Crippen LogP contribution in [0.2, 0.25) is 0 Å². The Balaban J connectivity index is 3.01. The van der Waals surface area contributed by atoms with Gasteiger partial charge in [-0.1, -0.05) is 12.1 Å². The van der Waals surface area contributed by atoms with E-state index in [1.807, 2.05) is 0 Å². The molecule has 0 saturated carbocycles. The van der Waals surface area contributed by atoms with E-state index in [4.69, 9.17) is 4.55 Å². The Labute approximate surface area is 80.0 Å². The van der Waals surface area contributed by atoms with Gasteiger partial charge in [-0.05, 0) is 12.1 Å². The number of hydrogen-bond donors (Lipinski definition) is 1. The van der Waals surface area contributed by atoms with E-state index in [0.717, 1.165) is 6.47 Å². The van der Waals surface area contributed by atoms with E-state index in [0.29, 0.717) is 0 Å². The lowest BCUT2D eigenvalue weighted by atomic mass is 10.3. The average Bonchev–Trinajstić information content (AvgIpc) is 2.06. The summed E-state index contributed by atoms with van der Waals surface area (Å²) in [7, 11) is -4.63. The van der Waals surface area contributed by atoms with Crippen LogP contribution < -0.4 is 8.92 Å². The van der Waals surface area contributed by atoms with Gasteiger partial charge < -0.3 is 8.92 Å². The van der Waals surface area contributed by atoms with Crippen molar-refractivity contribution in [1.29, 1.82) is 0 Å². The molecule has 0 aromatic heterocycles. The van der Waals surface area contributed by atoms with Gasteiger partial charge in [-0.3, -0.25) is 4.55 Å². The van der Waals surface area contributed by atoms with E-state index in [2.05, 4.69) is 8.92 Å². The van der Waals surface area contributed by atoms with Crippen molar-refractivity contribution in [3.05, 3.63) is 24.3 Å². The van der Waals surface area contributed by atoms with Crippen molar-refractivity contribution in [3.63, 3.8) is 0 Å². The Hall–Kier alpha value is -1.60. The summed E-state index contributed by atoms with van der Waals surface area (Å²) in [6, 6.07) is 5.42. The Bertz CT molecular complexity index is 424. The zero-order valence-electron chi connectivity index (χ0n) is 6.71. The summed E-state index contributed by atoms with van der Waals surface area (Å²) in [6.07, 6.45) is 0. The third-order valence-electron chi connectivity index (χ3n) is 1.20. The number of carbonyl (C=O) groups excluding carboxylic acids is 1. The molecule has 14 heavy (non-hydrogen) atoms. The summed E-state index contributed by atoms with van der Waals surface area (Å²) in [5, 5.41) is 0. The van der Waals surface area contributed by atoms with Crippen molar-refractivity contribution in [1.82, 2.24) is 0 Å². The summed E-state index contributed by atoms with van der Waals surface area (Å²) in [4.78, 5) is 9.88. The average molecular weight is 217 g/mol. The maximum atomic E-state index is 10.3. The van der Waals surface area contributed by atoms with Gasteiger partial charge in [0.1, 0.15) is 0 Å². The smallest absolute Gasteiger partial charge is 0.414 e. The molecular formula is C7H5O6S. The highest BCUT2D eigenvalue weighted by Crippen LogP contribution is 2.26. The van der Waals surface area contributed by atoms with Crippen LogP contribution in [0.5, 0.6) is 11.5 Å². The van der Waals surface area contributed by atoms with Gasteiger partial charge in [-0.15, -0.1) is 0 Å². The van der Waals surface area contributed by atoms with Crippen molar-refractivity contribution in [2.24, 2.45) is 0 Å².